The lowest BCUT2D eigenvalue weighted by Crippen LogP contribution is -2.18. The summed E-state index contributed by atoms with van der Waals surface area (Å²) in [4.78, 5) is 30.8. The van der Waals surface area contributed by atoms with E-state index in [0.29, 0.717) is 6.42 Å². The summed E-state index contributed by atoms with van der Waals surface area (Å²) in [6.07, 6.45) is 5.46. The summed E-state index contributed by atoms with van der Waals surface area (Å²) in [5.41, 5.74) is 2.85. The van der Waals surface area contributed by atoms with Crippen LogP contribution in [0.3, 0.4) is 0 Å². The van der Waals surface area contributed by atoms with Crippen molar-refractivity contribution in [1.29, 1.82) is 0 Å². The van der Waals surface area contributed by atoms with Crippen molar-refractivity contribution in [2.75, 3.05) is 7.11 Å². The van der Waals surface area contributed by atoms with Crippen LogP contribution < -0.4 is 4.74 Å². The van der Waals surface area contributed by atoms with Crippen molar-refractivity contribution in [2.24, 2.45) is 0 Å². The molecule has 1 aromatic carbocycles. The van der Waals surface area contributed by atoms with Gasteiger partial charge in [0.05, 0.1) is 7.11 Å². The number of nitrogens with zero attached hydrogens (tertiary/aromatic N) is 2. The molecule has 7 nitrogen and oxygen atoms in total. The third-order valence-electron chi connectivity index (χ3n) is 3.72. The quantitative estimate of drug-likeness (QED) is 0.509. The molecule has 0 amide bonds. The van der Waals surface area contributed by atoms with Gasteiger partial charge in [0.2, 0.25) is 5.78 Å². The second kappa shape index (κ2) is 6.91. The monoisotopic (exact) mass is 324 g/mol. The van der Waals surface area contributed by atoms with Gasteiger partial charge >= 0.3 is 0 Å². The second-order valence-corrected chi connectivity index (χ2v) is 5.29. The maximum atomic E-state index is 12.1. The number of ketones is 2. The normalized spacial score (nSPS) is 10.5. The molecule has 2 heterocycles. The molecule has 3 aromatic rings. The average molecular weight is 324 g/mol. The molecule has 0 saturated heterocycles. The van der Waals surface area contributed by atoms with Crippen molar-refractivity contribution < 1.29 is 14.3 Å². The first kappa shape index (κ1) is 15.7. The SMILES string of the molecule is COc1ccc(Cc2c[nH]cc2CC(=O)C(=O)c2ncn[nH]2)cc1. The largest absolute Gasteiger partial charge is 0.497 e. The first-order valence-corrected chi connectivity index (χ1v) is 7.37. The Morgan fingerprint density at radius 3 is 2.54 bits per heavy atom. The van der Waals surface area contributed by atoms with Gasteiger partial charge in [-0.25, -0.2) is 4.98 Å². The molecule has 122 valence electrons. The summed E-state index contributed by atoms with van der Waals surface area (Å²) in [5, 5.41) is 6.00. The van der Waals surface area contributed by atoms with E-state index >= 15 is 0 Å². The third kappa shape index (κ3) is 3.40. The molecular weight excluding hydrogens is 308 g/mol. The van der Waals surface area contributed by atoms with Crippen molar-refractivity contribution >= 4 is 11.6 Å². The van der Waals surface area contributed by atoms with E-state index in [1.54, 1.807) is 13.3 Å². The van der Waals surface area contributed by atoms with Crippen LogP contribution in [0, 0.1) is 0 Å². The fraction of sp³-hybridized carbons (Fsp3) is 0.176. The van der Waals surface area contributed by atoms with E-state index in [9.17, 15) is 9.59 Å². The summed E-state index contributed by atoms with van der Waals surface area (Å²) in [6.45, 7) is 0. The molecule has 24 heavy (non-hydrogen) atoms. The molecule has 0 aliphatic rings. The number of rotatable bonds is 7. The van der Waals surface area contributed by atoms with Gasteiger partial charge in [0.25, 0.3) is 5.78 Å². The van der Waals surface area contributed by atoms with Gasteiger partial charge in [-0.1, -0.05) is 12.1 Å². The highest BCUT2D eigenvalue weighted by Gasteiger charge is 2.20. The minimum Gasteiger partial charge on any atom is -0.497 e. The average Bonchev–Trinajstić information content (AvgIpc) is 3.27. The zero-order chi connectivity index (χ0) is 16.9. The van der Waals surface area contributed by atoms with Crippen LogP contribution in [-0.2, 0) is 17.6 Å². The second-order valence-electron chi connectivity index (χ2n) is 5.29. The smallest absolute Gasteiger partial charge is 0.265 e. The van der Waals surface area contributed by atoms with Gasteiger partial charge in [0, 0.05) is 18.8 Å². The molecule has 0 spiro atoms. The van der Waals surface area contributed by atoms with E-state index in [1.807, 2.05) is 30.5 Å². The minimum absolute atomic E-state index is 0.0223. The molecular formula is C17H16N4O3. The van der Waals surface area contributed by atoms with Crippen LogP contribution in [-0.4, -0.2) is 38.8 Å². The zero-order valence-electron chi connectivity index (χ0n) is 13.1. The van der Waals surface area contributed by atoms with Crippen LogP contribution in [0.25, 0.3) is 0 Å². The van der Waals surface area contributed by atoms with Crippen LogP contribution in [0.5, 0.6) is 5.75 Å². The molecule has 0 bridgehead atoms. The molecule has 0 radical (unpaired) electrons. The number of hydrogen-bond donors (Lipinski definition) is 2. The van der Waals surface area contributed by atoms with E-state index in [0.717, 1.165) is 22.4 Å². The van der Waals surface area contributed by atoms with Gasteiger partial charge in [0.1, 0.15) is 12.1 Å². The molecule has 0 atom stereocenters. The number of methoxy groups -OCH3 is 1. The molecule has 2 N–H and O–H groups in total. The Bertz CT molecular complexity index is 835. The Morgan fingerprint density at radius 1 is 1.12 bits per heavy atom. The van der Waals surface area contributed by atoms with Crippen molar-refractivity contribution in [3.8, 4) is 5.75 Å². The minimum atomic E-state index is -0.663. The molecule has 7 heteroatoms. The first-order chi connectivity index (χ1) is 11.7. The van der Waals surface area contributed by atoms with Crippen LogP contribution in [0.1, 0.15) is 27.3 Å². The maximum Gasteiger partial charge on any atom is 0.265 e. The van der Waals surface area contributed by atoms with Crippen LogP contribution in [0.2, 0.25) is 0 Å². The number of H-pyrrole nitrogens is 2. The fourth-order valence-electron chi connectivity index (χ4n) is 2.42. The van der Waals surface area contributed by atoms with Crippen molar-refractivity contribution in [2.45, 2.75) is 12.8 Å². The number of hydrogen-bond acceptors (Lipinski definition) is 5. The fourth-order valence-corrected chi connectivity index (χ4v) is 2.42. The van der Waals surface area contributed by atoms with Crippen LogP contribution in [0.4, 0.5) is 0 Å². The van der Waals surface area contributed by atoms with E-state index < -0.39 is 11.6 Å². The van der Waals surface area contributed by atoms with Gasteiger partial charge in [0.15, 0.2) is 5.82 Å². The standard InChI is InChI=1S/C17H16N4O3/c1-24-14-4-2-11(3-5-14)6-12-8-18-9-13(12)7-15(22)16(23)17-19-10-20-21-17/h2-5,8-10,18H,6-7H2,1H3,(H,19,20,21). The highest BCUT2D eigenvalue weighted by atomic mass is 16.5. The highest BCUT2D eigenvalue weighted by Crippen LogP contribution is 2.18. The van der Waals surface area contributed by atoms with E-state index in [2.05, 4.69) is 20.2 Å². The highest BCUT2D eigenvalue weighted by molar-refractivity contribution is 6.43. The van der Waals surface area contributed by atoms with E-state index in [4.69, 9.17) is 4.74 Å². The number of aromatic nitrogens is 4. The van der Waals surface area contributed by atoms with Crippen LogP contribution in [0.15, 0.2) is 43.0 Å². The van der Waals surface area contributed by atoms with E-state index in [1.165, 1.54) is 6.33 Å². The Hall–Kier alpha value is -3.22. The lowest BCUT2D eigenvalue weighted by atomic mass is 10.00. The summed E-state index contributed by atoms with van der Waals surface area (Å²) in [6, 6.07) is 7.72. The Balaban J connectivity index is 1.70. The molecule has 2 aromatic heterocycles. The van der Waals surface area contributed by atoms with Gasteiger partial charge in [-0.3, -0.25) is 14.7 Å². The van der Waals surface area contributed by atoms with Crippen LogP contribution >= 0.6 is 0 Å². The Labute approximate surface area is 138 Å². The lowest BCUT2D eigenvalue weighted by molar-refractivity contribution is -0.114. The number of aromatic amines is 2. The number of ether oxygens (including phenoxy) is 1. The number of carbonyl (C=O) groups excluding carboxylic acids is 2. The Kier molecular flexibility index (Phi) is 4.51. The number of benzene rings is 1. The summed E-state index contributed by atoms with van der Waals surface area (Å²) in [7, 11) is 1.62. The van der Waals surface area contributed by atoms with Gasteiger partial charge in [-0.15, -0.1) is 0 Å². The maximum absolute atomic E-state index is 12.1. The molecule has 0 aliphatic carbocycles. The third-order valence-corrected chi connectivity index (χ3v) is 3.72. The topological polar surface area (TPSA) is 101 Å². The molecule has 0 unspecified atom stereocenters. The number of carbonyl (C=O) groups is 2. The lowest BCUT2D eigenvalue weighted by Gasteiger charge is -2.05. The Morgan fingerprint density at radius 2 is 1.88 bits per heavy atom. The van der Waals surface area contributed by atoms with Gasteiger partial charge in [-0.05, 0) is 35.2 Å². The number of nitrogens with one attached hydrogen (secondary N) is 2. The molecule has 0 fully saturated rings. The van der Waals surface area contributed by atoms with Crippen molar-refractivity contribution in [3.05, 3.63) is 65.5 Å². The van der Waals surface area contributed by atoms with Crippen molar-refractivity contribution in [1.82, 2.24) is 20.2 Å². The molecule has 0 saturated carbocycles. The predicted octanol–water partition coefficient (Wildman–Crippen LogP) is 1.73. The van der Waals surface area contributed by atoms with E-state index in [-0.39, 0.29) is 12.2 Å². The zero-order valence-corrected chi connectivity index (χ0v) is 13.1. The van der Waals surface area contributed by atoms with Gasteiger partial charge in [-0.2, -0.15) is 5.10 Å². The van der Waals surface area contributed by atoms with Gasteiger partial charge < -0.3 is 9.72 Å². The van der Waals surface area contributed by atoms with Crippen molar-refractivity contribution in [3.63, 3.8) is 0 Å². The summed E-state index contributed by atoms with van der Waals surface area (Å²) in [5.74, 6) is -0.431. The number of Topliss-reactive ketones (excluding diaryl/α,β-unsaturated/α-hetero) is 2. The summed E-state index contributed by atoms with van der Waals surface area (Å²) >= 11 is 0. The molecule has 0 aliphatic heterocycles. The molecule has 3 rings (SSSR count). The first-order valence-electron chi connectivity index (χ1n) is 7.37. The predicted molar refractivity (Wildman–Crippen MR) is 86.0 cm³/mol. The summed E-state index contributed by atoms with van der Waals surface area (Å²) < 4.78 is 5.14.